The van der Waals surface area contributed by atoms with Gasteiger partial charge in [-0.1, -0.05) is 19.3 Å². The van der Waals surface area contributed by atoms with Crippen molar-refractivity contribution in [3.05, 3.63) is 21.9 Å². The summed E-state index contributed by atoms with van der Waals surface area (Å²) in [7, 11) is 0. The lowest BCUT2D eigenvalue weighted by Crippen LogP contribution is -2.46. The summed E-state index contributed by atoms with van der Waals surface area (Å²) in [6.07, 6.45) is 6.20. The number of hydrogen-bond acceptors (Lipinski definition) is 4. The van der Waals surface area contributed by atoms with E-state index in [1.165, 1.54) is 24.1 Å². The maximum atomic E-state index is 12.5. The molecule has 1 saturated carbocycles. The van der Waals surface area contributed by atoms with Crippen molar-refractivity contribution in [2.45, 2.75) is 57.7 Å². The molecule has 5 heteroatoms. The smallest absolute Gasteiger partial charge is 0.412 e. The van der Waals surface area contributed by atoms with Crippen LogP contribution < -0.4 is 0 Å². The van der Waals surface area contributed by atoms with Gasteiger partial charge in [0.2, 0.25) is 0 Å². The summed E-state index contributed by atoms with van der Waals surface area (Å²) in [5.41, 5.74) is 1.16. The van der Waals surface area contributed by atoms with E-state index >= 15 is 0 Å². The Balaban J connectivity index is 1.86. The van der Waals surface area contributed by atoms with Gasteiger partial charge in [-0.05, 0) is 31.2 Å². The Morgan fingerprint density at radius 3 is 3.00 bits per heavy atom. The van der Waals surface area contributed by atoms with Crippen LogP contribution >= 0.6 is 11.3 Å². The Hall–Kier alpha value is -1.07. The van der Waals surface area contributed by atoms with Gasteiger partial charge in [0.25, 0.3) is 0 Å². The third-order valence-electron chi connectivity index (χ3n) is 4.35. The molecule has 0 radical (unpaired) electrons. The molecule has 2 aliphatic rings. The molecule has 1 aromatic rings. The Labute approximate surface area is 130 Å². The molecular formula is C16H23NO3S. The molecule has 1 fully saturated rings. The van der Waals surface area contributed by atoms with Gasteiger partial charge < -0.3 is 9.47 Å². The number of nitrogens with zero attached hydrogens (tertiary/aromatic N) is 1. The zero-order chi connectivity index (χ0) is 14.7. The van der Waals surface area contributed by atoms with Gasteiger partial charge in [0.15, 0.2) is 6.23 Å². The van der Waals surface area contributed by atoms with Crippen molar-refractivity contribution >= 4 is 17.4 Å². The highest BCUT2D eigenvalue weighted by Gasteiger charge is 2.37. The van der Waals surface area contributed by atoms with E-state index in [0.29, 0.717) is 13.2 Å². The summed E-state index contributed by atoms with van der Waals surface area (Å²) in [4.78, 5) is 15.7. The van der Waals surface area contributed by atoms with Crippen LogP contribution in [-0.4, -0.2) is 30.2 Å². The van der Waals surface area contributed by atoms with Gasteiger partial charge in [-0.2, -0.15) is 0 Å². The second-order valence-corrected chi connectivity index (χ2v) is 6.67. The molecule has 0 aromatic carbocycles. The maximum Gasteiger partial charge on any atom is 0.412 e. The number of amides is 1. The highest BCUT2D eigenvalue weighted by atomic mass is 32.1. The minimum absolute atomic E-state index is 0.228. The number of ether oxygens (including phenoxy) is 2. The first-order valence-electron chi connectivity index (χ1n) is 7.94. The fourth-order valence-electron chi connectivity index (χ4n) is 3.35. The van der Waals surface area contributed by atoms with E-state index in [0.717, 1.165) is 24.8 Å². The second kappa shape index (κ2) is 6.79. The molecule has 4 nitrogen and oxygen atoms in total. The van der Waals surface area contributed by atoms with E-state index < -0.39 is 0 Å². The third kappa shape index (κ3) is 3.09. The monoisotopic (exact) mass is 309 g/mol. The Morgan fingerprint density at radius 2 is 2.24 bits per heavy atom. The summed E-state index contributed by atoms with van der Waals surface area (Å²) in [6.45, 7) is 2.95. The third-order valence-corrected chi connectivity index (χ3v) is 5.35. The molecule has 1 aliphatic carbocycles. The first-order valence-corrected chi connectivity index (χ1v) is 8.82. The van der Waals surface area contributed by atoms with E-state index in [4.69, 9.17) is 9.47 Å². The van der Waals surface area contributed by atoms with Gasteiger partial charge >= 0.3 is 6.09 Å². The molecule has 1 unspecified atom stereocenters. The molecule has 1 amide bonds. The lowest BCUT2D eigenvalue weighted by Gasteiger charge is -2.40. The maximum absolute atomic E-state index is 12.5. The minimum atomic E-state index is -0.262. The average molecular weight is 309 g/mol. The molecule has 0 bridgehead atoms. The summed E-state index contributed by atoms with van der Waals surface area (Å²) >= 11 is 1.76. The van der Waals surface area contributed by atoms with Crippen LogP contribution in [0.2, 0.25) is 0 Å². The van der Waals surface area contributed by atoms with Gasteiger partial charge in [0.1, 0.15) is 0 Å². The van der Waals surface area contributed by atoms with E-state index in [-0.39, 0.29) is 18.4 Å². The zero-order valence-electron chi connectivity index (χ0n) is 12.5. The van der Waals surface area contributed by atoms with Crippen molar-refractivity contribution < 1.29 is 14.3 Å². The van der Waals surface area contributed by atoms with Crippen LogP contribution in [0.5, 0.6) is 0 Å². The van der Waals surface area contributed by atoms with Gasteiger partial charge in [-0.25, -0.2) is 4.79 Å². The van der Waals surface area contributed by atoms with Gasteiger partial charge in [0, 0.05) is 22.9 Å². The zero-order valence-corrected chi connectivity index (χ0v) is 13.4. The molecule has 1 atom stereocenters. The molecule has 3 rings (SSSR count). The standard InChI is InChI=1S/C16H23NO3S/c1-2-19-16(18)17(12-6-4-3-5-7-12)15-13-9-11-21-14(13)8-10-20-15/h9,11-12,15H,2-8,10H2,1H3. The summed E-state index contributed by atoms with van der Waals surface area (Å²) in [6, 6.07) is 2.34. The van der Waals surface area contributed by atoms with E-state index in [1.54, 1.807) is 11.3 Å². The minimum Gasteiger partial charge on any atom is -0.450 e. The number of fused-ring (bicyclic) bond motifs is 1. The predicted molar refractivity (Wildman–Crippen MR) is 82.5 cm³/mol. The van der Waals surface area contributed by atoms with Crippen molar-refractivity contribution in [2.24, 2.45) is 0 Å². The summed E-state index contributed by atoms with van der Waals surface area (Å²) in [5, 5.41) is 2.09. The molecule has 0 spiro atoms. The van der Waals surface area contributed by atoms with Gasteiger partial charge in [-0.3, -0.25) is 4.90 Å². The number of rotatable bonds is 3. The van der Waals surface area contributed by atoms with Gasteiger partial charge in [0.05, 0.1) is 13.2 Å². The summed E-state index contributed by atoms with van der Waals surface area (Å²) in [5.74, 6) is 0. The first kappa shape index (κ1) is 14.9. The lowest BCUT2D eigenvalue weighted by molar-refractivity contribution is -0.0837. The average Bonchev–Trinajstić information content (AvgIpc) is 2.98. The van der Waals surface area contributed by atoms with Crippen molar-refractivity contribution in [3.8, 4) is 0 Å². The van der Waals surface area contributed by atoms with Crippen molar-refractivity contribution in [1.29, 1.82) is 0 Å². The Morgan fingerprint density at radius 1 is 1.43 bits per heavy atom. The highest BCUT2D eigenvalue weighted by molar-refractivity contribution is 7.10. The molecule has 1 aliphatic heterocycles. The molecule has 2 heterocycles. The van der Waals surface area contributed by atoms with Crippen LogP contribution in [0.1, 0.15) is 55.7 Å². The molecule has 21 heavy (non-hydrogen) atoms. The fourth-order valence-corrected chi connectivity index (χ4v) is 4.24. The van der Waals surface area contributed by atoms with Crippen LogP contribution in [0.25, 0.3) is 0 Å². The number of carbonyl (C=O) groups excluding carboxylic acids is 1. The normalized spacial score (nSPS) is 22.6. The number of carbonyl (C=O) groups is 1. The lowest BCUT2D eigenvalue weighted by atomic mass is 9.93. The molecular weight excluding hydrogens is 286 g/mol. The molecule has 0 N–H and O–H groups in total. The molecule has 0 saturated heterocycles. The van der Waals surface area contributed by atoms with Crippen LogP contribution in [0, 0.1) is 0 Å². The quantitative estimate of drug-likeness (QED) is 0.843. The first-order chi connectivity index (χ1) is 10.3. The van der Waals surface area contributed by atoms with E-state index in [9.17, 15) is 4.79 Å². The van der Waals surface area contributed by atoms with E-state index in [2.05, 4.69) is 11.4 Å². The SMILES string of the molecule is CCOC(=O)N(C1CCCCC1)C1OCCc2sccc21. The van der Waals surface area contributed by atoms with Crippen LogP contribution in [0.3, 0.4) is 0 Å². The fraction of sp³-hybridized carbons (Fsp3) is 0.688. The van der Waals surface area contributed by atoms with Crippen molar-refractivity contribution in [2.75, 3.05) is 13.2 Å². The molecule has 1 aromatic heterocycles. The Bertz CT molecular complexity index is 482. The van der Waals surface area contributed by atoms with Crippen LogP contribution in [0.15, 0.2) is 11.4 Å². The second-order valence-electron chi connectivity index (χ2n) is 5.67. The molecule has 116 valence electrons. The van der Waals surface area contributed by atoms with Crippen molar-refractivity contribution in [1.82, 2.24) is 4.90 Å². The number of thiophene rings is 1. The predicted octanol–water partition coefficient (Wildman–Crippen LogP) is 4.11. The largest absolute Gasteiger partial charge is 0.450 e. The number of hydrogen-bond donors (Lipinski definition) is 0. The van der Waals surface area contributed by atoms with Crippen LogP contribution in [0.4, 0.5) is 4.79 Å². The van der Waals surface area contributed by atoms with Gasteiger partial charge in [-0.15, -0.1) is 11.3 Å². The Kier molecular flexibility index (Phi) is 4.80. The van der Waals surface area contributed by atoms with Crippen LogP contribution in [-0.2, 0) is 15.9 Å². The highest BCUT2D eigenvalue weighted by Crippen LogP contribution is 2.37. The summed E-state index contributed by atoms with van der Waals surface area (Å²) < 4.78 is 11.3. The van der Waals surface area contributed by atoms with Crippen molar-refractivity contribution in [3.63, 3.8) is 0 Å². The topological polar surface area (TPSA) is 38.8 Å². The van der Waals surface area contributed by atoms with E-state index in [1.807, 2.05) is 11.8 Å².